The number of carbonyl (C=O) groups excluding carboxylic acids is 2. The first-order valence-electron chi connectivity index (χ1n) is 7.20. The molecule has 2 rings (SSSR count). The van der Waals surface area contributed by atoms with E-state index >= 15 is 0 Å². The summed E-state index contributed by atoms with van der Waals surface area (Å²) in [7, 11) is 0. The van der Waals surface area contributed by atoms with Gasteiger partial charge in [0.2, 0.25) is 0 Å². The lowest BCUT2D eigenvalue weighted by Gasteiger charge is -2.21. The van der Waals surface area contributed by atoms with E-state index in [1.807, 2.05) is 32.9 Å². The zero-order valence-electron chi connectivity index (χ0n) is 13.0. The number of nitrogens with one attached hydrogen (secondary N) is 1. The Morgan fingerprint density at radius 2 is 2.24 bits per heavy atom. The van der Waals surface area contributed by atoms with Gasteiger partial charge in [0.25, 0.3) is 6.47 Å². The molecule has 0 aliphatic carbocycles. The third-order valence-corrected chi connectivity index (χ3v) is 3.02. The second-order valence-electron chi connectivity index (χ2n) is 5.98. The summed E-state index contributed by atoms with van der Waals surface area (Å²) in [5.74, 6) is 0.373. The molecule has 0 radical (unpaired) electrons. The van der Waals surface area contributed by atoms with E-state index in [9.17, 15) is 9.59 Å². The molecule has 0 amide bonds. The maximum Gasteiger partial charge on any atom is 0.293 e. The Bertz CT molecular complexity index is 435. The largest absolute Gasteiger partial charge is 0.462 e. The average Bonchev–Trinajstić information content (AvgIpc) is 2.48. The Labute approximate surface area is 126 Å². The van der Waals surface area contributed by atoms with Crippen LogP contribution in [-0.2, 0) is 9.53 Å². The highest BCUT2D eigenvalue weighted by molar-refractivity contribution is 5.97. The van der Waals surface area contributed by atoms with E-state index < -0.39 is 0 Å². The van der Waals surface area contributed by atoms with Crippen molar-refractivity contribution in [2.75, 3.05) is 13.1 Å². The maximum atomic E-state index is 11.9. The summed E-state index contributed by atoms with van der Waals surface area (Å²) in [5.41, 5.74) is 0.420. The molecule has 0 spiro atoms. The van der Waals surface area contributed by atoms with Crippen molar-refractivity contribution in [2.24, 2.45) is 5.92 Å². The molecule has 5 heteroatoms. The smallest absolute Gasteiger partial charge is 0.293 e. The van der Waals surface area contributed by atoms with Gasteiger partial charge < -0.3 is 10.1 Å². The number of ether oxygens (including phenoxy) is 1. The van der Waals surface area contributed by atoms with Gasteiger partial charge >= 0.3 is 0 Å². The van der Waals surface area contributed by atoms with Crippen LogP contribution in [-0.4, -0.2) is 35.9 Å². The molecule has 0 bridgehead atoms. The number of hydrogen-bond acceptors (Lipinski definition) is 5. The predicted octanol–water partition coefficient (Wildman–Crippen LogP) is 2.22. The highest BCUT2D eigenvalue weighted by Crippen LogP contribution is 2.15. The molecule has 1 unspecified atom stereocenters. The van der Waals surface area contributed by atoms with Gasteiger partial charge in [-0.1, -0.05) is 0 Å². The van der Waals surface area contributed by atoms with E-state index in [1.165, 1.54) is 0 Å². The standard InChI is InChI=1S/C11H14N2O.C5H10O2/c14-11(9-3-1-5-12-7-9)10-4-2-6-13-8-10;1-5(2,3)7-4-6/h1,3,5,7,10,13H,2,4,6,8H2;4H,1-3H3. The molecule has 1 fully saturated rings. The number of carbonyl (C=O) groups is 2. The molecule has 1 saturated heterocycles. The molecular weight excluding hydrogens is 268 g/mol. The Morgan fingerprint density at radius 3 is 2.67 bits per heavy atom. The average molecular weight is 292 g/mol. The summed E-state index contributed by atoms with van der Waals surface area (Å²) in [6.07, 6.45) is 5.43. The van der Waals surface area contributed by atoms with Crippen LogP contribution in [0, 0.1) is 5.92 Å². The number of Topliss-reactive ketones (excluding diaryl/α,β-unsaturated/α-hetero) is 1. The van der Waals surface area contributed by atoms with Crippen LogP contribution in [0.25, 0.3) is 0 Å². The van der Waals surface area contributed by atoms with Crippen LogP contribution in [0.1, 0.15) is 44.0 Å². The van der Waals surface area contributed by atoms with Crippen molar-refractivity contribution in [3.8, 4) is 0 Å². The van der Waals surface area contributed by atoms with Gasteiger partial charge in [0.15, 0.2) is 5.78 Å². The van der Waals surface area contributed by atoms with E-state index in [1.54, 1.807) is 12.4 Å². The minimum Gasteiger partial charge on any atom is -0.462 e. The van der Waals surface area contributed by atoms with Crippen molar-refractivity contribution in [3.05, 3.63) is 30.1 Å². The van der Waals surface area contributed by atoms with E-state index in [0.717, 1.165) is 31.5 Å². The van der Waals surface area contributed by atoms with Gasteiger partial charge in [-0.25, -0.2) is 0 Å². The lowest BCUT2D eigenvalue weighted by atomic mass is 9.92. The number of ketones is 1. The molecule has 1 aliphatic heterocycles. The van der Waals surface area contributed by atoms with Crippen molar-refractivity contribution in [3.63, 3.8) is 0 Å². The lowest BCUT2D eigenvalue weighted by molar-refractivity contribution is -0.138. The van der Waals surface area contributed by atoms with Crippen molar-refractivity contribution in [1.29, 1.82) is 0 Å². The minimum absolute atomic E-state index is 0.146. The fraction of sp³-hybridized carbons (Fsp3) is 0.562. The number of hydrogen-bond donors (Lipinski definition) is 1. The second kappa shape index (κ2) is 8.52. The quantitative estimate of drug-likeness (QED) is 0.683. The van der Waals surface area contributed by atoms with Gasteiger partial charge in [-0.2, -0.15) is 0 Å². The molecule has 2 heterocycles. The number of piperidine rings is 1. The second-order valence-corrected chi connectivity index (χ2v) is 5.98. The van der Waals surface area contributed by atoms with Crippen LogP contribution >= 0.6 is 0 Å². The predicted molar refractivity (Wildman–Crippen MR) is 81.1 cm³/mol. The SMILES string of the molecule is CC(C)(C)OC=O.O=C(c1cccnc1)C1CCCNC1. The van der Waals surface area contributed by atoms with Gasteiger partial charge in [0.1, 0.15) is 5.60 Å². The summed E-state index contributed by atoms with van der Waals surface area (Å²) >= 11 is 0. The Morgan fingerprint density at radius 1 is 1.48 bits per heavy atom. The van der Waals surface area contributed by atoms with Crippen molar-refractivity contribution < 1.29 is 14.3 Å². The molecule has 0 saturated carbocycles. The molecule has 21 heavy (non-hydrogen) atoms. The third kappa shape index (κ3) is 6.99. The van der Waals surface area contributed by atoms with Crippen molar-refractivity contribution >= 4 is 12.3 Å². The van der Waals surface area contributed by atoms with E-state index in [4.69, 9.17) is 0 Å². The molecule has 5 nitrogen and oxygen atoms in total. The monoisotopic (exact) mass is 292 g/mol. The first-order chi connectivity index (χ1) is 9.94. The minimum atomic E-state index is -0.318. The number of nitrogens with zero attached hydrogens (tertiary/aromatic N) is 1. The van der Waals surface area contributed by atoms with Gasteiger partial charge in [-0.15, -0.1) is 0 Å². The van der Waals surface area contributed by atoms with Gasteiger partial charge in [0, 0.05) is 30.4 Å². The first kappa shape index (κ1) is 17.3. The summed E-state index contributed by atoms with van der Waals surface area (Å²) < 4.78 is 4.55. The molecule has 1 aromatic heterocycles. The Balaban J connectivity index is 0.000000270. The fourth-order valence-corrected chi connectivity index (χ4v) is 1.96. The van der Waals surface area contributed by atoms with Gasteiger partial charge in [0.05, 0.1) is 0 Å². The van der Waals surface area contributed by atoms with Crippen LogP contribution in [0.3, 0.4) is 0 Å². The van der Waals surface area contributed by atoms with Crippen molar-refractivity contribution in [1.82, 2.24) is 10.3 Å². The van der Waals surface area contributed by atoms with E-state index in [2.05, 4.69) is 15.0 Å². The fourth-order valence-electron chi connectivity index (χ4n) is 1.96. The Hall–Kier alpha value is -1.75. The summed E-state index contributed by atoms with van der Waals surface area (Å²) in [4.78, 5) is 25.5. The normalized spacial score (nSPS) is 18.1. The van der Waals surface area contributed by atoms with Gasteiger partial charge in [-0.05, 0) is 52.3 Å². The highest BCUT2D eigenvalue weighted by atomic mass is 16.5. The van der Waals surface area contributed by atoms with Crippen LogP contribution in [0.5, 0.6) is 0 Å². The van der Waals surface area contributed by atoms with Crippen LogP contribution in [0.2, 0.25) is 0 Å². The van der Waals surface area contributed by atoms with Crippen LogP contribution in [0.15, 0.2) is 24.5 Å². The van der Waals surface area contributed by atoms with Crippen molar-refractivity contribution in [2.45, 2.75) is 39.2 Å². The number of pyridine rings is 1. The molecule has 1 aromatic rings. The molecule has 1 atom stereocenters. The number of aromatic nitrogens is 1. The molecule has 1 N–H and O–H groups in total. The molecule has 116 valence electrons. The van der Waals surface area contributed by atoms with E-state index in [-0.39, 0.29) is 17.3 Å². The molecule has 1 aliphatic rings. The summed E-state index contributed by atoms with van der Waals surface area (Å²) in [5, 5.41) is 3.24. The highest BCUT2D eigenvalue weighted by Gasteiger charge is 2.21. The van der Waals surface area contributed by atoms with Gasteiger partial charge in [-0.3, -0.25) is 14.6 Å². The summed E-state index contributed by atoms with van der Waals surface area (Å²) in [6, 6.07) is 3.65. The lowest BCUT2D eigenvalue weighted by Crippen LogP contribution is -2.34. The van der Waals surface area contributed by atoms with E-state index in [0.29, 0.717) is 6.47 Å². The Kier molecular flexibility index (Phi) is 7.02. The first-order valence-corrected chi connectivity index (χ1v) is 7.20. The molecule has 0 aromatic carbocycles. The maximum absolute atomic E-state index is 11.9. The zero-order chi connectivity index (χ0) is 15.7. The summed E-state index contributed by atoms with van der Waals surface area (Å²) in [6.45, 7) is 7.77. The topological polar surface area (TPSA) is 68.3 Å². The van der Waals surface area contributed by atoms with Crippen LogP contribution in [0.4, 0.5) is 0 Å². The third-order valence-electron chi connectivity index (χ3n) is 3.02. The zero-order valence-corrected chi connectivity index (χ0v) is 13.0. The number of rotatable bonds is 3. The molecular formula is C16H24N2O3. The van der Waals surface area contributed by atoms with Crippen LogP contribution < -0.4 is 5.32 Å².